The lowest BCUT2D eigenvalue weighted by Crippen LogP contribution is -2.38. The van der Waals surface area contributed by atoms with Crippen LogP contribution in [0.15, 0.2) is 0 Å². The van der Waals surface area contributed by atoms with E-state index in [0.29, 0.717) is 6.54 Å². The van der Waals surface area contributed by atoms with Gasteiger partial charge in [0.05, 0.1) is 11.6 Å². The zero-order valence-electron chi connectivity index (χ0n) is 11.3. The van der Waals surface area contributed by atoms with Gasteiger partial charge in [-0.3, -0.25) is 14.4 Å². The Morgan fingerprint density at radius 1 is 1.50 bits per heavy atom. The summed E-state index contributed by atoms with van der Waals surface area (Å²) in [6.07, 6.45) is 1.77. The number of piperidine rings is 1. The highest BCUT2D eigenvalue weighted by Gasteiger charge is 2.26. The first-order chi connectivity index (χ1) is 8.49. The molecule has 5 heteroatoms. The summed E-state index contributed by atoms with van der Waals surface area (Å²) in [5, 5.41) is 13.5. The average molecular weight is 251 g/mol. The summed E-state index contributed by atoms with van der Waals surface area (Å²) in [7, 11) is 1.95. The van der Waals surface area contributed by atoms with Crippen LogP contribution in [0.4, 0.5) is 0 Å². The summed E-state index contributed by atoms with van der Waals surface area (Å²) in [6, 6.07) is 0. The van der Waals surface area contributed by atoms with Crippen molar-refractivity contribution in [1.82, 2.24) is 14.7 Å². The number of carbonyl (C=O) groups is 1. The monoisotopic (exact) mass is 251 g/mol. The minimum Gasteiger partial charge on any atom is -0.481 e. The molecule has 0 aliphatic carbocycles. The predicted octanol–water partition coefficient (Wildman–Crippen LogP) is 1.33. The molecular weight excluding hydrogens is 230 g/mol. The van der Waals surface area contributed by atoms with Crippen molar-refractivity contribution in [2.24, 2.45) is 13.0 Å². The van der Waals surface area contributed by atoms with Crippen LogP contribution < -0.4 is 0 Å². The van der Waals surface area contributed by atoms with Gasteiger partial charge in [0.1, 0.15) is 0 Å². The topological polar surface area (TPSA) is 58.4 Å². The van der Waals surface area contributed by atoms with Crippen molar-refractivity contribution >= 4 is 5.97 Å². The highest BCUT2D eigenvalue weighted by molar-refractivity contribution is 5.70. The molecule has 1 aliphatic heterocycles. The molecule has 0 saturated carbocycles. The van der Waals surface area contributed by atoms with Crippen molar-refractivity contribution in [3.8, 4) is 0 Å². The van der Waals surface area contributed by atoms with E-state index in [9.17, 15) is 4.79 Å². The number of aryl methyl sites for hydroxylation is 2. The van der Waals surface area contributed by atoms with E-state index in [4.69, 9.17) is 5.11 Å². The molecule has 1 fully saturated rings. The second-order valence-corrected chi connectivity index (χ2v) is 5.19. The fourth-order valence-corrected chi connectivity index (χ4v) is 2.67. The minimum atomic E-state index is -0.667. The van der Waals surface area contributed by atoms with E-state index in [2.05, 4.69) is 16.9 Å². The molecule has 1 aliphatic rings. The van der Waals surface area contributed by atoms with Gasteiger partial charge in [-0.25, -0.2) is 0 Å². The molecule has 0 amide bonds. The van der Waals surface area contributed by atoms with Crippen LogP contribution in [0.5, 0.6) is 0 Å². The molecule has 5 nitrogen and oxygen atoms in total. The quantitative estimate of drug-likeness (QED) is 0.880. The van der Waals surface area contributed by atoms with Crippen molar-refractivity contribution in [3.63, 3.8) is 0 Å². The first kappa shape index (κ1) is 13.1. The van der Waals surface area contributed by atoms with Crippen molar-refractivity contribution in [1.29, 1.82) is 0 Å². The molecule has 0 radical (unpaired) electrons. The SMILES string of the molecule is Cc1nn(C)c(C)c1CN1CCC[C@H](C(=O)O)C1. The lowest BCUT2D eigenvalue weighted by Gasteiger charge is -2.30. The Bertz CT molecular complexity index is 453. The fourth-order valence-electron chi connectivity index (χ4n) is 2.67. The summed E-state index contributed by atoms with van der Waals surface area (Å²) in [4.78, 5) is 13.3. The largest absolute Gasteiger partial charge is 0.481 e. The molecule has 18 heavy (non-hydrogen) atoms. The lowest BCUT2D eigenvalue weighted by atomic mass is 9.97. The normalized spacial score (nSPS) is 21.2. The molecule has 2 rings (SSSR count). The Morgan fingerprint density at radius 2 is 2.22 bits per heavy atom. The third kappa shape index (κ3) is 2.56. The van der Waals surface area contributed by atoms with Crippen LogP contribution in [0, 0.1) is 19.8 Å². The molecule has 1 N–H and O–H groups in total. The fraction of sp³-hybridized carbons (Fsp3) is 0.692. The number of aromatic nitrogens is 2. The summed E-state index contributed by atoms with van der Waals surface area (Å²) >= 11 is 0. The van der Waals surface area contributed by atoms with Crippen LogP contribution >= 0.6 is 0 Å². The lowest BCUT2D eigenvalue weighted by molar-refractivity contribution is -0.143. The van der Waals surface area contributed by atoms with E-state index in [1.807, 2.05) is 18.7 Å². The van der Waals surface area contributed by atoms with Crippen molar-refractivity contribution in [2.75, 3.05) is 13.1 Å². The zero-order chi connectivity index (χ0) is 13.3. The van der Waals surface area contributed by atoms with E-state index in [1.165, 1.54) is 11.3 Å². The maximum atomic E-state index is 11.0. The standard InChI is InChI=1S/C13H21N3O2/c1-9-12(10(2)15(3)14-9)8-16-6-4-5-11(7-16)13(17)18/h11H,4-8H2,1-3H3,(H,17,18)/t11-/m0/s1. The van der Waals surface area contributed by atoms with E-state index < -0.39 is 5.97 Å². The molecular formula is C13H21N3O2. The third-order valence-corrected chi connectivity index (χ3v) is 3.90. The van der Waals surface area contributed by atoms with Gasteiger partial charge in [-0.1, -0.05) is 0 Å². The Labute approximate surface area is 107 Å². The molecule has 1 aromatic rings. The summed E-state index contributed by atoms with van der Waals surface area (Å²) in [6.45, 7) is 6.53. The van der Waals surface area contributed by atoms with Gasteiger partial charge < -0.3 is 5.11 Å². The van der Waals surface area contributed by atoms with Crippen molar-refractivity contribution in [2.45, 2.75) is 33.2 Å². The number of aliphatic carboxylic acids is 1. The summed E-state index contributed by atoms with van der Waals surface area (Å²) in [5.41, 5.74) is 3.46. The molecule has 1 saturated heterocycles. The molecule has 0 spiro atoms. The van der Waals surface area contributed by atoms with Crippen molar-refractivity contribution in [3.05, 3.63) is 17.0 Å². The van der Waals surface area contributed by atoms with Gasteiger partial charge in [-0.05, 0) is 33.2 Å². The molecule has 2 heterocycles. The van der Waals surface area contributed by atoms with E-state index >= 15 is 0 Å². The molecule has 0 aromatic carbocycles. The molecule has 100 valence electrons. The van der Waals surface area contributed by atoms with Gasteiger partial charge in [-0.2, -0.15) is 5.10 Å². The Balaban J connectivity index is 2.07. The molecule has 0 bridgehead atoms. The van der Waals surface area contributed by atoms with Crippen LogP contribution in [0.1, 0.15) is 29.8 Å². The molecule has 1 aromatic heterocycles. The number of hydrogen-bond donors (Lipinski definition) is 1. The first-order valence-electron chi connectivity index (χ1n) is 6.43. The van der Waals surface area contributed by atoms with Gasteiger partial charge in [0.15, 0.2) is 0 Å². The highest BCUT2D eigenvalue weighted by atomic mass is 16.4. The summed E-state index contributed by atoms with van der Waals surface area (Å²) < 4.78 is 1.89. The van der Waals surface area contributed by atoms with Crippen molar-refractivity contribution < 1.29 is 9.90 Å². The minimum absolute atomic E-state index is 0.212. The number of rotatable bonds is 3. The number of hydrogen-bond acceptors (Lipinski definition) is 3. The Kier molecular flexibility index (Phi) is 3.71. The maximum Gasteiger partial charge on any atom is 0.307 e. The smallest absolute Gasteiger partial charge is 0.307 e. The van der Waals surface area contributed by atoms with Gasteiger partial charge in [-0.15, -0.1) is 0 Å². The number of carboxylic acid groups (broad SMARTS) is 1. The number of nitrogens with zero attached hydrogens (tertiary/aromatic N) is 3. The third-order valence-electron chi connectivity index (χ3n) is 3.90. The van der Waals surface area contributed by atoms with E-state index in [0.717, 1.165) is 31.6 Å². The second kappa shape index (κ2) is 5.10. The first-order valence-corrected chi connectivity index (χ1v) is 6.43. The van der Waals surface area contributed by atoms with Crippen LogP contribution in [0.25, 0.3) is 0 Å². The zero-order valence-corrected chi connectivity index (χ0v) is 11.3. The number of carboxylic acids is 1. The van der Waals surface area contributed by atoms with Crippen LogP contribution in [-0.4, -0.2) is 38.8 Å². The predicted molar refractivity (Wildman–Crippen MR) is 68.3 cm³/mol. The van der Waals surface area contributed by atoms with Gasteiger partial charge in [0.2, 0.25) is 0 Å². The van der Waals surface area contributed by atoms with Gasteiger partial charge in [0.25, 0.3) is 0 Å². The van der Waals surface area contributed by atoms with Crippen LogP contribution in [0.3, 0.4) is 0 Å². The second-order valence-electron chi connectivity index (χ2n) is 5.19. The highest BCUT2D eigenvalue weighted by Crippen LogP contribution is 2.21. The van der Waals surface area contributed by atoms with Gasteiger partial charge in [0, 0.05) is 31.4 Å². The maximum absolute atomic E-state index is 11.0. The molecule has 0 unspecified atom stereocenters. The Morgan fingerprint density at radius 3 is 2.78 bits per heavy atom. The summed E-state index contributed by atoms with van der Waals surface area (Å²) in [5.74, 6) is -0.879. The van der Waals surface area contributed by atoms with Crippen LogP contribution in [-0.2, 0) is 18.4 Å². The average Bonchev–Trinajstić information content (AvgIpc) is 2.56. The van der Waals surface area contributed by atoms with Crippen LogP contribution in [0.2, 0.25) is 0 Å². The van der Waals surface area contributed by atoms with Gasteiger partial charge >= 0.3 is 5.97 Å². The number of likely N-dealkylation sites (tertiary alicyclic amines) is 1. The molecule has 1 atom stereocenters. The Hall–Kier alpha value is -1.36. The van der Waals surface area contributed by atoms with E-state index in [1.54, 1.807) is 0 Å². The van der Waals surface area contributed by atoms with E-state index in [-0.39, 0.29) is 5.92 Å².